The van der Waals surface area contributed by atoms with E-state index in [0.29, 0.717) is 0 Å². The number of nitro benzene ring substituents is 1. The van der Waals surface area contributed by atoms with Crippen molar-refractivity contribution in [2.45, 2.75) is 6.42 Å². The molecule has 0 aliphatic carbocycles. The maximum absolute atomic E-state index is 10.8. The Morgan fingerprint density at radius 1 is 1.35 bits per heavy atom. The summed E-state index contributed by atoms with van der Waals surface area (Å²) in [6.45, 7) is 0. The summed E-state index contributed by atoms with van der Waals surface area (Å²) in [7, 11) is 2.64. The molecular formula is C10H11NO6. The molecule has 0 amide bonds. The quantitative estimate of drug-likeness (QED) is 0.615. The standard InChI is InChI=1S/C10H11NO6/c1-16-8-5-9(17-2)7(11(14)15)3-6(8)4-10(12)13/h3,5H,4H2,1-2H3,(H,12,13). The zero-order valence-electron chi connectivity index (χ0n) is 9.30. The molecule has 0 aliphatic heterocycles. The number of methoxy groups -OCH3 is 2. The number of carboxylic acids is 1. The molecule has 1 aromatic rings. The van der Waals surface area contributed by atoms with Gasteiger partial charge in [-0.3, -0.25) is 14.9 Å². The van der Waals surface area contributed by atoms with Gasteiger partial charge in [0.15, 0.2) is 0 Å². The molecule has 92 valence electrons. The predicted molar refractivity (Wildman–Crippen MR) is 57.5 cm³/mol. The SMILES string of the molecule is COc1cc(OC)c([N+](=O)[O-])cc1CC(=O)O. The van der Waals surface area contributed by atoms with E-state index in [-0.39, 0.29) is 29.2 Å². The van der Waals surface area contributed by atoms with Crippen LogP contribution in [0.5, 0.6) is 11.5 Å². The van der Waals surface area contributed by atoms with Crippen LogP contribution in [0.25, 0.3) is 0 Å². The number of ether oxygens (including phenoxy) is 2. The van der Waals surface area contributed by atoms with Gasteiger partial charge in [-0.15, -0.1) is 0 Å². The van der Waals surface area contributed by atoms with E-state index < -0.39 is 10.9 Å². The molecule has 0 saturated carbocycles. The van der Waals surface area contributed by atoms with Crippen LogP contribution in [-0.2, 0) is 11.2 Å². The molecule has 1 N–H and O–H groups in total. The lowest BCUT2D eigenvalue weighted by atomic mass is 10.1. The Kier molecular flexibility index (Phi) is 3.86. The van der Waals surface area contributed by atoms with Crippen LogP contribution in [0.4, 0.5) is 5.69 Å². The minimum Gasteiger partial charge on any atom is -0.496 e. The van der Waals surface area contributed by atoms with Gasteiger partial charge in [0, 0.05) is 17.7 Å². The fourth-order valence-electron chi connectivity index (χ4n) is 1.39. The van der Waals surface area contributed by atoms with Crippen LogP contribution in [0.15, 0.2) is 12.1 Å². The van der Waals surface area contributed by atoms with E-state index in [1.165, 1.54) is 20.3 Å². The Balaban J connectivity index is 3.33. The van der Waals surface area contributed by atoms with Crippen molar-refractivity contribution in [2.24, 2.45) is 0 Å². The summed E-state index contributed by atoms with van der Waals surface area (Å²) in [6.07, 6.45) is -0.353. The zero-order valence-corrected chi connectivity index (χ0v) is 9.30. The van der Waals surface area contributed by atoms with Gasteiger partial charge in [0.25, 0.3) is 0 Å². The van der Waals surface area contributed by atoms with Gasteiger partial charge in [0.2, 0.25) is 5.75 Å². The largest absolute Gasteiger partial charge is 0.496 e. The van der Waals surface area contributed by atoms with Crippen molar-refractivity contribution < 1.29 is 24.3 Å². The van der Waals surface area contributed by atoms with Crippen molar-refractivity contribution in [3.05, 3.63) is 27.8 Å². The van der Waals surface area contributed by atoms with E-state index in [1.807, 2.05) is 0 Å². The van der Waals surface area contributed by atoms with Crippen molar-refractivity contribution in [1.82, 2.24) is 0 Å². The normalized spacial score (nSPS) is 9.76. The van der Waals surface area contributed by atoms with Crippen LogP contribution in [-0.4, -0.2) is 30.2 Å². The minimum atomic E-state index is -1.09. The number of carbonyl (C=O) groups is 1. The lowest BCUT2D eigenvalue weighted by Gasteiger charge is -2.09. The Hall–Kier alpha value is -2.31. The lowest BCUT2D eigenvalue weighted by Crippen LogP contribution is -2.04. The number of benzene rings is 1. The molecule has 0 heterocycles. The molecule has 0 aromatic heterocycles. The number of aliphatic carboxylic acids is 1. The van der Waals surface area contributed by atoms with Crippen LogP contribution >= 0.6 is 0 Å². The number of carboxylic acid groups (broad SMARTS) is 1. The summed E-state index contributed by atoms with van der Waals surface area (Å²) in [6, 6.07) is 2.45. The molecule has 0 radical (unpaired) electrons. The molecule has 0 atom stereocenters. The molecular weight excluding hydrogens is 230 g/mol. The van der Waals surface area contributed by atoms with Crippen LogP contribution < -0.4 is 9.47 Å². The summed E-state index contributed by atoms with van der Waals surface area (Å²) in [5, 5.41) is 19.4. The van der Waals surface area contributed by atoms with E-state index in [4.69, 9.17) is 14.6 Å². The van der Waals surface area contributed by atoms with Gasteiger partial charge in [-0.2, -0.15) is 0 Å². The molecule has 7 heteroatoms. The van der Waals surface area contributed by atoms with Crippen LogP contribution in [0, 0.1) is 10.1 Å². The Morgan fingerprint density at radius 2 is 1.94 bits per heavy atom. The molecule has 7 nitrogen and oxygen atoms in total. The molecule has 1 rings (SSSR count). The van der Waals surface area contributed by atoms with E-state index in [9.17, 15) is 14.9 Å². The highest BCUT2D eigenvalue weighted by Gasteiger charge is 2.20. The van der Waals surface area contributed by atoms with Gasteiger partial charge in [0.05, 0.1) is 25.6 Å². The fourth-order valence-corrected chi connectivity index (χ4v) is 1.39. The molecule has 0 unspecified atom stereocenters. The third-order valence-corrected chi connectivity index (χ3v) is 2.12. The van der Waals surface area contributed by atoms with Crippen LogP contribution in [0.2, 0.25) is 0 Å². The van der Waals surface area contributed by atoms with E-state index in [1.54, 1.807) is 0 Å². The molecule has 1 aromatic carbocycles. The summed E-state index contributed by atoms with van der Waals surface area (Å²) in [5.41, 5.74) is -0.0583. The van der Waals surface area contributed by atoms with E-state index in [2.05, 4.69) is 0 Å². The second kappa shape index (κ2) is 5.15. The van der Waals surface area contributed by atoms with Crippen molar-refractivity contribution in [3.8, 4) is 11.5 Å². The molecule has 0 fully saturated rings. The molecule has 0 spiro atoms. The highest BCUT2D eigenvalue weighted by molar-refractivity contribution is 5.72. The van der Waals surface area contributed by atoms with Gasteiger partial charge in [-0.1, -0.05) is 0 Å². The number of rotatable bonds is 5. The number of nitro groups is 1. The number of nitrogens with zero attached hydrogens (tertiary/aromatic N) is 1. The Bertz CT molecular complexity index is 456. The first-order chi connectivity index (χ1) is 7.99. The van der Waals surface area contributed by atoms with Gasteiger partial charge >= 0.3 is 11.7 Å². The number of hydrogen-bond donors (Lipinski definition) is 1. The Morgan fingerprint density at radius 3 is 2.35 bits per heavy atom. The summed E-state index contributed by atoms with van der Waals surface area (Å²) < 4.78 is 9.80. The third kappa shape index (κ3) is 2.83. The first-order valence-electron chi connectivity index (χ1n) is 4.60. The summed E-state index contributed by atoms with van der Waals surface area (Å²) in [4.78, 5) is 20.7. The summed E-state index contributed by atoms with van der Waals surface area (Å²) in [5.74, 6) is -0.821. The highest BCUT2D eigenvalue weighted by Crippen LogP contribution is 2.34. The fraction of sp³-hybridized carbons (Fsp3) is 0.300. The average molecular weight is 241 g/mol. The van der Waals surface area contributed by atoms with E-state index in [0.717, 1.165) is 6.07 Å². The van der Waals surface area contributed by atoms with E-state index >= 15 is 0 Å². The van der Waals surface area contributed by atoms with Gasteiger partial charge in [-0.25, -0.2) is 0 Å². The topological polar surface area (TPSA) is 98.9 Å². The van der Waals surface area contributed by atoms with Crippen molar-refractivity contribution in [1.29, 1.82) is 0 Å². The third-order valence-electron chi connectivity index (χ3n) is 2.12. The first kappa shape index (κ1) is 12.8. The van der Waals surface area contributed by atoms with Crippen molar-refractivity contribution in [2.75, 3.05) is 14.2 Å². The van der Waals surface area contributed by atoms with Gasteiger partial charge in [0.1, 0.15) is 5.75 Å². The zero-order chi connectivity index (χ0) is 13.0. The van der Waals surface area contributed by atoms with Gasteiger partial charge < -0.3 is 14.6 Å². The first-order valence-corrected chi connectivity index (χ1v) is 4.60. The highest BCUT2D eigenvalue weighted by atomic mass is 16.6. The monoisotopic (exact) mass is 241 g/mol. The van der Waals surface area contributed by atoms with Crippen molar-refractivity contribution in [3.63, 3.8) is 0 Å². The maximum Gasteiger partial charge on any atom is 0.311 e. The van der Waals surface area contributed by atoms with Gasteiger partial charge in [-0.05, 0) is 0 Å². The minimum absolute atomic E-state index is 0.0287. The smallest absolute Gasteiger partial charge is 0.311 e. The second-order valence-corrected chi connectivity index (χ2v) is 3.16. The molecule has 0 bridgehead atoms. The predicted octanol–water partition coefficient (Wildman–Crippen LogP) is 1.24. The average Bonchev–Trinajstić information content (AvgIpc) is 2.27. The van der Waals surface area contributed by atoms with Crippen LogP contribution in [0.1, 0.15) is 5.56 Å². The molecule has 17 heavy (non-hydrogen) atoms. The number of hydrogen-bond acceptors (Lipinski definition) is 5. The maximum atomic E-state index is 10.8. The summed E-state index contributed by atoms with van der Waals surface area (Å²) >= 11 is 0. The van der Waals surface area contributed by atoms with Crippen molar-refractivity contribution >= 4 is 11.7 Å². The molecule has 0 saturated heterocycles. The molecule has 0 aliphatic rings. The second-order valence-electron chi connectivity index (χ2n) is 3.16. The van der Waals surface area contributed by atoms with Crippen LogP contribution in [0.3, 0.4) is 0 Å². The Labute approximate surface area is 96.7 Å². The lowest BCUT2D eigenvalue weighted by molar-refractivity contribution is -0.385.